The molecule has 0 aliphatic heterocycles. The molecule has 0 unspecified atom stereocenters. The van der Waals surface area contributed by atoms with E-state index in [-0.39, 0.29) is 18.1 Å². The zero-order valence-electron chi connectivity index (χ0n) is 13.7. The van der Waals surface area contributed by atoms with Crippen LogP contribution in [0.3, 0.4) is 0 Å². The highest BCUT2D eigenvalue weighted by atomic mass is 79.9. The van der Waals surface area contributed by atoms with Gasteiger partial charge in [-0.25, -0.2) is 0 Å². The molecule has 0 atom stereocenters. The van der Waals surface area contributed by atoms with Gasteiger partial charge in [0.15, 0.2) is 12.4 Å². The molecular weight excluding hydrogens is 440 g/mol. The summed E-state index contributed by atoms with van der Waals surface area (Å²) in [5, 5.41) is 8.85. The molecule has 5 nitrogen and oxygen atoms in total. The molecule has 1 heterocycles. The highest BCUT2D eigenvalue weighted by Gasteiger charge is 2.12. The Morgan fingerprint density at radius 1 is 1.23 bits per heavy atom. The van der Waals surface area contributed by atoms with Gasteiger partial charge >= 0.3 is 0 Å². The molecule has 3 aromatic rings. The minimum absolute atomic E-state index is 0.00436. The molecule has 8 heteroatoms. The summed E-state index contributed by atoms with van der Waals surface area (Å²) in [5.41, 5.74) is 1.56. The van der Waals surface area contributed by atoms with Crippen LogP contribution in [0.1, 0.15) is 21.8 Å². The molecule has 0 radical (unpaired) electrons. The van der Waals surface area contributed by atoms with Gasteiger partial charge in [0.25, 0.3) is 11.1 Å². The average molecular weight is 454 g/mol. The molecule has 2 aromatic carbocycles. The Labute approximate surface area is 168 Å². The second-order valence-corrected chi connectivity index (χ2v) is 7.66. The second kappa shape index (κ2) is 8.70. The molecule has 26 heavy (non-hydrogen) atoms. The van der Waals surface area contributed by atoms with Gasteiger partial charge in [0.05, 0.1) is 5.75 Å². The van der Waals surface area contributed by atoms with Crippen LogP contribution in [0.25, 0.3) is 0 Å². The zero-order chi connectivity index (χ0) is 18.5. The van der Waals surface area contributed by atoms with Crippen LogP contribution in [-0.2, 0) is 6.61 Å². The van der Waals surface area contributed by atoms with Crippen LogP contribution in [0.2, 0.25) is 5.02 Å². The number of ether oxygens (including phenoxy) is 1. The SMILES string of the molecule is Cc1cc(Cl)ccc1OCc1nnc(SCC(=O)c2ccc(Br)cc2)o1. The van der Waals surface area contributed by atoms with E-state index in [0.717, 1.165) is 10.0 Å². The van der Waals surface area contributed by atoms with E-state index in [2.05, 4.69) is 26.1 Å². The predicted octanol–water partition coefficient (Wildman–Crippen LogP) is 5.35. The van der Waals surface area contributed by atoms with E-state index >= 15 is 0 Å². The summed E-state index contributed by atoms with van der Waals surface area (Å²) in [7, 11) is 0. The molecule has 0 spiro atoms. The smallest absolute Gasteiger partial charge is 0.277 e. The number of rotatable bonds is 7. The van der Waals surface area contributed by atoms with Crippen LogP contribution >= 0.6 is 39.3 Å². The standard InChI is InChI=1S/C18H14BrClN2O3S/c1-11-8-14(20)6-7-16(11)24-9-17-21-22-18(25-17)26-10-15(23)12-2-4-13(19)5-3-12/h2-8H,9-10H2,1H3. The maximum absolute atomic E-state index is 12.2. The number of Topliss-reactive ketones (excluding diaryl/α,β-unsaturated/α-hetero) is 1. The van der Waals surface area contributed by atoms with Gasteiger partial charge in [-0.3, -0.25) is 4.79 Å². The van der Waals surface area contributed by atoms with Crippen molar-refractivity contribution in [2.24, 2.45) is 0 Å². The second-order valence-electron chi connectivity index (χ2n) is 5.38. The lowest BCUT2D eigenvalue weighted by Crippen LogP contribution is -2.01. The number of thioether (sulfide) groups is 1. The predicted molar refractivity (Wildman–Crippen MR) is 104 cm³/mol. The largest absolute Gasteiger partial charge is 0.484 e. The number of halogens is 2. The van der Waals surface area contributed by atoms with Crippen LogP contribution in [0.4, 0.5) is 0 Å². The molecule has 3 rings (SSSR count). The van der Waals surface area contributed by atoms with Gasteiger partial charge in [0.1, 0.15) is 5.75 Å². The first-order chi connectivity index (χ1) is 12.5. The van der Waals surface area contributed by atoms with Gasteiger partial charge in [-0.15, -0.1) is 10.2 Å². The summed E-state index contributed by atoms with van der Waals surface area (Å²) in [5.74, 6) is 1.26. The lowest BCUT2D eigenvalue weighted by molar-refractivity contribution is 0.102. The Bertz CT molecular complexity index is 915. The Hall–Kier alpha value is -1.83. The molecule has 0 N–H and O–H groups in total. The quantitative estimate of drug-likeness (QED) is 0.355. The number of hydrogen-bond acceptors (Lipinski definition) is 6. The van der Waals surface area contributed by atoms with E-state index in [4.69, 9.17) is 20.8 Å². The lowest BCUT2D eigenvalue weighted by Gasteiger charge is -2.06. The number of ketones is 1. The van der Waals surface area contributed by atoms with Crippen molar-refractivity contribution in [3.05, 3.63) is 69.0 Å². The summed E-state index contributed by atoms with van der Waals surface area (Å²) in [6.07, 6.45) is 0. The number of aromatic nitrogens is 2. The third-order valence-corrected chi connectivity index (χ3v) is 5.01. The fourth-order valence-electron chi connectivity index (χ4n) is 2.12. The Morgan fingerprint density at radius 2 is 2.00 bits per heavy atom. The van der Waals surface area contributed by atoms with E-state index < -0.39 is 0 Å². The van der Waals surface area contributed by atoms with Crippen molar-refractivity contribution in [1.82, 2.24) is 10.2 Å². The first kappa shape index (κ1) is 18.9. The maximum atomic E-state index is 12.2. The van der Waals surface area contributed by atoms with Crippen molar-refractivity contribution < 1.29 is 13.9 Å². The van der Waals surface area contributed by atoms with Crippen LogP contribution < -0.4 is 4.74 Å². The molecule has 0 bridgehead atoms. The highest BCUT2D eigenvalue weighted by Crippen LogP contribution is 2.23. The Morgan fingerprint density at radius 3 is 2.73 bits per heavy atom. The summed E-state index contributed by atoms with van der Waals surface area (Å²) < 4.78 is 12.1. The number of nitrogens with zero attached hydrogens (tertiary/aromatic N) is 2. The van der Waals surface area contributed by atoms with Crippen molar-refractivity contribution in [3.8, 4) is 5.75 Å². The lowest BCUT2D eigenvalue weighted by atomic mass is 10.2. The van der Waals surface area contributed by atoms with Crippen LogP contribution in [0.15, 0.2) is 56.6 Å². The third kappa shape index (κ3) is 5.09. The van der Waals surface area contributed by atoms with Gasteiger partial charge in [0.2, 0.25) is 0 Å². The first-order valence-electron chi connectivity index (χ1n) is 7.64. The van der Waals surface area contributed by atoms with Crippen molar-refractivity contribution in [3.63, 3.8) is 0 Å². The molecule has 0 fully saturated rings. The number of hydrogen-bond donors (Lipinski definition) is 0. The van der Waals surface area contributed by atoms with Crippen molar-refractivity contribution in [1.29, 1.82) is 0 Å². The van der Waals surface area contributed by atoms with Gasteiger partial charge in [-0.2, -0.15) is 0 Å². The maximum Gasteiger partial charge on any atom is 0.277 e. The van der Waals surface area contributed by atoms with E-state index in [9.17, 15) is 4.79 Å². The van der Waals surface area contributed by atoms with Crippen LogP contribution in [-0.4, -0.2) is 21.7 Å². The minimum atomic E-state index is -0.00436. The summed E-state index contributed by atoms with van der Waals surface area (Å²) in [6, 6.07) is 12.6. The molecule has 0 saturated heterocycles. The molecule has 0 amide bonds. The van der Waals surface area contributed by atoms with E-state index in [1.165, 1.54) is 11.8 Å². The summed E-state index contributed by atoms with van der Waals surface area (Å²) in [4.78, 5) is 12.2. The van der Waals surface area contributed by atoms with Crippen molar-refractivity contribution in [2.75, 3.05) is 5.75 Å². The van der Waals surface area contributed by atoms with Crippen LogP contribution in [0.5, 0.6) is 5.75 Å². The zero-order valence-corrected chi connectivity index (χ0v) is 16.9. The van der Waals surface area contributed by atoms with Crippen LogP contribution in [0, 0.1) is 6.92 Å². The minimum Gasteiger partial charge on any atom is -0.484 e. The first-order valence-corrected chi connectivity index (χ1v) is 9.80. The Balaban J connectivity index is 1.53. The van der Waals surface area contributed by atoms with E-state index in [1.54, 1.807) is 24.3 Å². The van der Waals surface area contributed by atoms with E-state index in [1.807, 2.05) is 25.1 Å². The van der Waals surface area contributed by atoms with Gasteiger partial charge in [-0.05, 0) is 42.8 Å². The topological polar surface area (TPSA) is 65.2 Å². The monoisotopic (exact) mass is 452 g/mol. The van der Waals surface area contributed by atoms with Gasteiger partial charge in [0, 0.05) is 15.1 Å². The Kier molecular flexibility index (Phi) is 6.34. The third-order valence-electron chi connectivity index (χ3n) is 3.43. The highest BCUT2D eigenvalue weighted by molar-refractivity contribution is 9.10. The normalized spacial score (nSPS) is 10.7. The number of carbonyl (C=O) groups is 1. The molecule has 0 aliphatic rings. The molecule has 0 aliphatic carbocycles. The molecule has 134 valence electrons. The van der Waals surface area contributed by atoms with Gasteiger partial charge in [-0.1, -0.05) is 51.4 Å². The van der Waals surface area contributed by atoms with Crippen molar-refractivity contribution >= 4 is 45.1 Å². The average Bonchev–Trinajstić information content (AvgIpc) is 3.07. The van der Waals surface area contributed by atoms with Gasteiger partial charge < -0.3 is 9.15 Å². The molecular formula is C18H14BrClN2O3S. The fraction of sp³-hybridized carbons (Fsp3) is 0.167. The number of benzene rings is 2. The van der Waals surface area contributed by atoms with Crippen molar-refractivity contribution in [2.45, 2.75) is 18.8 Å². The fourth-order valence-corrected chi connectivity index (χ4v) is 3.28. The summed E-state index contributed by atoms with van der Waals surface area (Å²) >= 11 is 10.5. The number of aryl methyl sites for hydroxylation is 1. The summed E-state index contributed by atoms with van der Waals surface area (Å²) in [6.45, 7) is 2.06. The molecule has 0 saturated carbocycles. The molecule has 1 aromatic heterocycles. The van der Waals surface area contributed by atoms with E-state index in [0.29, 0.717) is 27.4 Å². The number of carbonyl (C=O) groups excluding carboxylic acids is 1.